The molecule has 1 spiro atoms. The van der Waals surface area contributed by atoms with Gasteiger partial charge in [0.25, 0.3) is 0 Å². The number of likely N-dealkylation sites (tertiary alicyclic amines) is 1. The molecule has 6 heteroatoms. The molecule has 0 aromatic heterocycles. The minimum Gasteiger partial charge on any atom is -0.504 e. The Morgan fingerprint density at radius 1 is 1.28 bits per heavy atom. The standard InChI is InChI=1S/C30H34N2O4/c1-18-4-3-5-19(14-18)8-11-25(34)31(2)22-16-30(35)24-15-21-9-10-23(33)27-26(21)29(30,28(22)36-27)12-13-32(24)17-20-6-7-20/h3-5,8-11,14,20,22,24,28,33,35H,6-7,12-13,15-17H2,1-2H3/b11-8+/t22-,24-,28+,29+,30-/m1/s1. The highest BCUT2D eigenvalue weighted by molar-refractivity contribution is 5.92. The number of nitrogens with zero attached hydrogens (tertiary/aromatic N) is 2. The molecule has 2 aromatic rings. The van der Waals surface area contributed by atoms with Crippen LogP contribution in [0.4, 0.5) is 0 Å². The van der Waals surface area contributed by atoms with E-state index in [-0.39, 0.29) is 29.8 Å². The van der Waals surface area contributed by atoms with Crippen molar-refractivity contribution in [3.8, 4) is 11.5 Å². The predicted octanol–water partition coefficient (Wildman–Crippen LogP) is 3.42. The summed E-state index contributed by atoms with van der Waals surface area (Å²) in [7, 11) is 1.82. The molecular weight excluding hydrogens is 452 g/mol. The SMILES string of the molecule is Cc1cccc(/C=C/C(=O)N(C)[C@@H]2C[C@@]3(O)[C@H]4Cc5ccc(O)c6c5[C@@]3(CCN4CC3CC3)[C@H]2O6)c1. The van der Waals surface area contributed by atoms with Crippen LogP contribution in [0, 0.1) is 12.8 Å². The van der Waals surface area contributed by atoms with Crippen LogP contribution in [0.1, 0.15) is 47.9 Å². The third kappa shape index (κ3) is 2.94. The molecule has 0 unspecified atom stereocenters. The highest BCUT2D eigenvalue weighted by Crippen LogP contribution is 2.67. The van der Waals surface area contributed by atoms with Gasteiger partial charge >= 0.3 is 0 Å². The lowest BCUT2D eigenvalue weighted by Crippen LogP contribution is -2.70. The summed E-state index contributed by atoms with van der Waals surface area (Å²) < 4.78 is 6.54. The van der Waals surface area contributed by atoms with Crippen LogP contribution in [0.15, 0.2) is 42.5 Å². The van der Waals surface area contributed by atoms with Gasteiger partial charge in [-0.15, -0.1) is 0 Å². The molecule has 2 bridgehead atoms. The van der Waals surface area contributed by atoms with Crippen LogP contribution in [0.2, 0.25) is 0 Å². The number of phenolic OH excluding ortho intramolecular Hbond substituents is 1. The normalized spacial score (nSPS) is 34.0. The summed E-state index contributed by atoms with van der Waals surface area (Å²) in [5.74, 6) is 1.29. The fourth-order valence-corrected chi connectivity index (χ4v) is 7.85. The Labute approximate surface area is 212 Å². The summed E-state index contributed by atoms with van der Waals surface area (Å²) in [6, 6.07) is 11.5. The van der Waals surface area contributed by atoms with Crippen LogP contribution < -0.4 is 4.74 Å². The fourth-order valence-electron chi connectivity index (χ4n) is 7.85. The second-order valence-electron chi connectivity index (χ2n) is 11.8. The lowest BCUT2D eigenvalue weighted by atomic mass is 9.56. The van der Waals surface area contributed by atoms with E-state index >= 15 is 0 Å². The van der Waals surface area contributed by atoms with Gasteiger partial charge in [-0.2, -0.15) is 0 Å². The van der Waals surface area contributed by atoms with Gasteiger partial charge < -0.3 is 19.8 Å². The second kappa shape index (κ2) is 7.59. The van der Waals surface area contributed by atoms with Crippen LogP contribution in [-0.2, 0) is 16.6 Å². The second-order valence-corrected chi connectivity index (χ2v) is 11.8. The summed E-state index contributed by atoms with van der Waals surface area (Å²) in [6.45, 7) is 3.98. The third-order valence-corrected chi connectivity index (χ3v) is 9.74. The summed E-state index contributed by atoms with van der Waals surface area (Å²) in [4.78, 5) is 17.6. The maximum absolute atomic E-state index is 13.4. The quantitative estimate of drug-likeness (QED) is 0.634. The van der Waals surface area contributed by atoms with E-state index < -0.39 is 11.0 Å². The first kappa shape index (κ1) is 22.4. The van der Waals surface area contributed by atoms with Gasteiger partial charge in [-0.1, -0.05) is 35.9 Å². The molecule has 6 nitrogen and oxygen atoms in total. The smallest absolute Gasteiger partial charge is 0.246 e. The van der Waals surface area contributed by atoms with Crippen molar-refractivity contribution in [2.24, 2.45) is 5.92 Å². The Morgan fingerprint density at radius 3 is 2.89 bits per heavy atom. The first-order valence-electron chi connectivity index (χ1n) is 13.3. The van der Waals surface area contributed by atoms with Crippen LogP contribution in [-0.4, -0.2) is 69.8 Å². The Morgan fingerprint density at radius 2 is 2.11 bits per heavy atom. The number of ether oxygens (including phenoxy) is 1. The summed E-state index contributed by atoms with van der Waals surface area (Å²) in [6.07, 6.45) is 7.66. The molecule has 2 aromatic carbocycles. The Hall–Kier alpha value is -2.83. The van der Waals surface area contributed by atoms with Crippen LogP contribution in [0.3, 0.4) is 0 Å². The number of carbonyl (C=O) groups is 1. The molecule has 2 N–H and O–H groups in total. The summed E-state index contributed by atoms with van der Waals surface area (Å²) in [5.41, 5.74) is 2.70. The minimum absolute atomic E-state index is 0.00252. The molecular formula is C30H34N2O4. The van der Waals surface area contributed by atoms with E-state index in [9.17, 15) is 15.0 Å². The van der Waals surface area contributed by atoms with Gasteiger partial charge in [0.1, 0.15) is 6.10 Å². The van der Waals surface area contributed by atoms with Gasteiger partial charge in [-0.3, -0.25) is 9.69 Å². The van der Waals surface area contributed by atoms with Crippen molar-refractivity contribution in [3.63, 3.8) is 0 Å². The monoisotopic (exact) mass is 486 g/mol. The number of aryl methyl sites for hydroxylation is 1. The van der Waals surface area contributed by atoms with Crippen molar-refractivity contribution < 1.29 is 19.7 Å². The number of benzene rings is 2. The first-order valence-corrected chi connectivity index (χ1v) is 13.3. The Balaban J connectivity index is 1.26. The number of carbonyl (C=O) groups excluding carboxylic acids is 1. The lowest BCUT2D eigenvalue weighted by Gasteiger charge is -2.57. The molecule has 2 saturated carbocycles. The fraction of sp³-hybridized carbons (Fsp3) is 0.500. The molecule has 1 amide bonds. The van der Waals surface area contributed by atoms with Gasteiger partial charge in [0, 0.05) is 37.7 Å². The molecule has 3 aliphatic carbocycles. The number of piperidine rings is 1. The van der Waals surface area contributed by atoms with E-state index in [0.29, 0.717) is 12.2 Å². The van der Waals surface area contributed by atoms with Crippen molar-refractivity contribution in [2.45, 2.75) is 68.2 Å². The largest absolute Gasteiger partial charge is 0.504 e. The Bertz CT molecular complexity index is 1290. The Kier molecular flexibility index (Phi) is 4.72. The number of rotatable bonds is 5. The number of hydrogen-bond donors (Lipinski definition) is 2. The average molecular weight is 487 g/mol. The number of aliphatic hydroxyl groups is 1. The van der Waals surface area contributed by atoms with Crippen molar-refractivity contribution >= 4 is 12.0 Å². The molecule has 5 atom stereocenters. The topological polar surface area (TPSA) is 73.2 Å². The molecule has 3 fully saturated rings. The summed E-state index contributed by atoms with van der Waals surface area (Å²) in [5, 5.41) is 23.3. The highest BCUT2D eigenvalue weighted by Gasteiger charge is 2.76. The molecule has 36 heavy (non-hydrogen) atoms. The van der Waals surface area contributed by atoms with Gasteiger partial charge in [-0.05, 0) is 68.3 Å². The molecule has 188 valence electrons. The van der Waals surface area contributed by atoms with E-state index in [1.165, 1.54) is 18.4 Å². The molecule has 2 aliphatic heterocycles. The van der Waals surface area contributed by atoms with Crippen molar-refractivity contribution in [1.29, 1.82) is 0 Å². The van der Waals surface area contributed by atoms with E-state index in [1.54, 1.807) is 17.0 Å². The zero-order valence-electron chi connectivity index (χ0n) is 21.0. The van der Waals surface area contributed by atoms with E-state index in [4.69, 9.17) is 4.74 Å². The number of phenols is 1. The molecule has 2 heterocycles. The number of likely N-dealkylation sites (N-methyl/N-ethyl adjacent to an activating group) is 1. The maximum Gasteiger partial charge on any atom is 0.246 e. The predicted molar refractivity (Wildman–Crippen MR) is 137 cm³/mol. The molecule has 1 saturated heterocycles. The van der Waals surface area contributed by atoms with Gasteiger partial charge in [0.15, 0.2) is 11.5 Å². The minimum atomic E-state index is -1.00. The van der Waals surface area contributed by atoms with Gasteiger partial charge in [-0.25, -0.2) is 0 Å². The zero-order chi connectivity index (χ0) is 24.8. The lowest BCUT2D eigenvalue weighted by molar-refractivity contribution is -0.138. The molecule has 0 radical (unpaired) electrons. The third-order valence-electron chi connectivity index (χ3n) is 9.74. The van der Waals surface area contributed by atoms with E-state index in [0.717, 1.165) is 48.5 Å². The van der Waals surface area contributed by atoms with Gasteiger partial charge in [0.05, 0.1) is 17.1 Å². The van der Waals surface area contributed by atoms with E-state index in [1.807, 2.05) is 50.4 Å². The molecule has 7 rings (SSSR count). The van der Waals surface area contributed by atoms with E-state index in [2.05, 4.69) is 4.90 Å². The van der Waals surface area contributed by atoms with Crippen molar-refractivity contribution in [3.05, 3.63) is 64.7 Å². The number of aromatic hydroxyl groups is 1. The van der Waals surface area contributed by atoms with Crippen LogP contribution >= 0.6 is 0 Å². The zero-order valence-corrected chi connectivity index (χ0v) is 21.0. The molecule has 5 aliphatic rings. The van der Waals surface area contributed by atoms with Crippen molar-refractivity contribution in [2.75, 3.05) is 20.1 Å². The van der Waals surface area contributed by atoms with Crippen LogP contribution in [0.25, 0.3) is 6.08 Å². The summed E-state index contributed by atoms with van der Waals surface area (Å²) >= 11 is 0. The average Bonchev–Trinajstić information content (AvgIpc) is 3.53. The number of hydrogen-bond acceptors (Lipinski definition) is 5. The highest BCUT2D eigenvalue weighted by atomic mass is 16.5. The van der Waals surface area contributed by atoms with Crippen molar-refractivity contribution in [1.82, 2.24) is 9.80 Å². The van der Waals surface area contributed by atoms with Crippen LogP contribution in [0.5, 0.6) is 11.5 Å². The first-order chi connectivity index (χ1) is 17.3. The number of amides is 1. The van der Waals surface area contributed by atoms with Gasteiger partial charge in [0.2, 0.25) is 5.91 Å². The maximum atomic E-state index is 13.4.